The smallest absolute Gasteiger partial charge is 0.123 e. The molecule has 1 fully saturated rings. The number of hydrogen-bond donors (Lipinski definition) is 1. The van der Waals surface area contributed by atoms with Crippen molar-refractivity contribution >= 4 is 0 Å². The second-order valence-electron chi connectivity index (χ2n) is 6.72. The molecule has 1 aromatic rings. The van der Waals surface area contributed by atoms with Crippen LogP contribution < -0.4 is 4.74 Å². The first-order valence-corrected chi connectivity index (χ1v) is 7.59. The zero-order chi connectivity index (χ0) is 14.6. The number of ether oxygens (including phenoxy) is 1. The lowest BCUT2D eigenvalue weighted by atomic mass is 9.86. The van der Waals surface area contributed by atoms with Gasteiger partial charge in [0, 0.05) is 6.54 Å². The van der Waals surface area contributed by atoms with Gasteiger partial charge in [-0.1, -0.05) is 39.0 Å². The molecule has 0 amide bonds. The Labute approximate surface area is 122 Å². The highest BCUT2D eigenvalue weighted by atomic mass is 16.5. The minimum atomic E-state index is -0.416. The van der Waals surface area contributed by atoms with Gasteiger partial charge in [-0.2, -0.15) is 0 Å². The molecule has 0 bridgehead atoms. The Morgan fingerprint density at radius 2 is 1.85 bits per heavy atom. The third-order valence-corrected chi connectivity index (χ3v) is 3.79. The van der Waals surface area contributed by atoms with E-state index in [1.807, 2.05) is 18.2 Å². The number of nitrogens with zero attached hydrogens (tertiary/aromatic N) is 1. The number of aliphatic hydroxyl groups is 1. The van der Waals surface area contributed by atoms with Crippen LogP contribution in [0.4, 0.5) is 0 Å². The third-order valence-electron chi connectivity index (χ3n) is 3.79. The van der Waals surface area contributed by atoms with Crippen LogP contribution in [0.2, 0.25) is 0 Å². The highest BCUT2D eigenvalue weighted by molar-refractivity contribution is 5.38. The fourth-order valence-electron chi connectivity index (χ4n) is 2.71. The van der Waals surface area contributed by atoms with Crippen LogP contribution in [0.5, 0.6) is 5.75 Å². The molecule has 1 heterocycles. The van der Waals surface area contributed by atoms with E-state index in [2.05, 4.69) is 31.7 Å². The summed E-state index contributed by atoms with van der Waals surface area (Å²) in [5.74, 6) is 0.889. The molecule has 2 rings (SSSR count). The summed E-state index contributed by atoms with van der Waals surface area (Å²) >= 11 is 0. The molecule has 0 radical (unpaired) electrons. The van der Waals surface area contributed by atoms with Gasteiger partial charge in [-0.25, -0.2) is 0 Å². The van der Waals surface area contributed by atoms with Gasteiger partial charge < -0.3 is 14.7 Å². The number of likely N-dealkylation sites (tertiary alicyclic amines) is 1. The van der Waals surface area contributed by atoms with Crippen molar-refractivity contribution in [2.24, 2.45) is 0 Å². The molecule has 3 nitrogen and oxygen atoms in total. The zero-order valence-electron chi connectivity index (χ0n) is 12.9. The van der Waals surface area contributed by atoms with E-state index in [4.69, 9.17) is 4.74 Å². The lowest BCUT2D eigenvalue weighted by Crippen LogP contribution is -2.34. The van der Waals surface area contributed by atoms with Gasteiger partial charge in [0.15, 0.2) is 0 Å². The van der Waals surface area contributed by atoms with E-state index in [9.17, 15) is 5.11 Å². The summed E-state index contributed by atoms with van der Waals surface area (Å²) in [5.41, 5.74) is 1.24. The normalized spacial score (nSPS) is 18.2. The van der Waals surface area contributed by atoms with Gasteiger partial charge in [-0.3, -0.25) is 0 Å². The minimum absolute atomic E-state index is 0.0521. The molecule has 1 saturated heterocycles. The molecule has 0 spiro atoms. The molecule has 1 N–H and O–H groups in total. The molecular formula is C17H27NO2. The summed E-state index contributed by atoms with van der Waals surface area (Å²) in [4.78, 5) is 2.31. The predicted molar refractivity (Wildman–Crippen MR) is 82.3 cm³/mol. The SMILES string of the molecule is CC(C)(C)c1ccccc1OC[C@H](O)CN1CCCC1. The quantitative estimate of drug-likeness (QED) is 0.898. The van der Waals surface area contributed by atoms with Gasteiger partial charge >= 0.3 is 0 Å². The highest BCUT2D eigenvalue weighted by Crippen LogP contribution is 2.30. The van der Waals surface area contributed by atoms with Crippen LogP contribution in [0.25, 0.3) is 0 Å². The van der Waals surface area contributed by atoms with Gasteiger partial charge in [0.25, 0.3) is 0 Å². The lowest BCUT2D eigenvalue weighted by Gasteiger charge is -2.24. The van der Waals surface area contributed by atoms with Crippen LogP contribution in [0.15, 0.2) is 24.3 Å². The van der Waals surface area contributed by atoms with Crippen LogP contribution in [-0.4, -0.2) is 42.4 Å². The van der Waals surface area contributed by atoms with Crippen LogP contribution in [0, 0.1) is 0 Å². The Balaban J connectivity index is 1.90. The summed E-state index contributed by atoms with van der Waals surface area (Å²) in [7, 11) is 0. The first kappa shape index (κ1) is 15.3. The van der Waals surface area contributed by atoms with Crippen LogP contribution in [0.3, 0.4) is 0 Å². The van der Waals surface area contributed by atoms with Crippen molar-refractivity contribution in [1.82, 2.24) is 4.90 Å². The fourth-order valence-corrected chi connectivity index (χ4v) is 2.71. The number of β-amino-alcohol motifs (C(OH)–C–C–N with tert-alkyl or cyclic N) is 1. The summed E-state index contributed by atoms with van der Waals surface area (Å²) in [6.07, 6.45) is 2.09. The van der Waals surface area contributed by atoms with E-state index >= 15 is 0 Å². The van der Waals surface area contributed by atoms with E-state index < -0.39 is 6.10 Å². The second-order valence-corrected chi connectivity index (χ2v) is 6.72. The first-order valence-electron chi connectivity index (χ1n) is 7.59. The maximum absolute atomic E-state index is 10.1. The Morgan fingerprint density at radius 3 is 2.50 bits per heavy atom. The van der Waals surface area contributed by atoms with E-state index in [0.717, 1.165) is 25.4 Å². The maximum atomic E-state index is 10.1. The molecule has 1 aliphatic rings. The number of benzene rings is 1. The molecule has 1 atom stereocenters. The summed E-state index contributed by atoms with van der Waals surface area (Å²) in [6, 6.07) is 8.11. The van der Waals surface area contributed by atoms with E-state index in [1.54, 1.807) is 0 Å². The van der Waals surface area contributed by atoms with Crippen LogP contribution in [0.1, 0.15) is 39.2 Å². The lowest BCUT2D eigenvalue weighted by molar-refractivity contribution is 0.0751. The Hall–Kier alpha value is -1.06. The Kier molecular flexibility index (Phi) is 5.06. The molecule has 3 heteroatoms. The van der Waals surface area contributed by atoms with Crippen molar-refractivity contribution in [3.63, 3.8) is 0 Å². The van der Waals surface area contributed by atoms with Gasteiger partial charge in [0.05, 0.1) is 0 Å². The molecule has 0 aromatic heterocycles. The zero-order valence-corrected chi connectivity index (χ0v) is 12.9. The molecular weight excluding hydrogens is 250 g/mol. The van der Waals surface area contributed by atoms with Crippen molar-refractivity contribution in [2.45, 2.75) is 45.1 Å². The molecule has 1 aliphatic heterocycles. The van der Waals surface area contributed by atoms with Gasteiger partial charge in [-0.15, -0.1) is 0 Å². The standard InChI is InChI=1S/C17H27NO2/c1-17(2,3)15-8-4-5-9-16(15)20-13-14(19)12-18-10-6-7-11-18/h4-5,8-9,14,19H,6-7,10-13H2,1-3H3/t14-/m1/s1. The predicted octanol–water partition coefficient (Wildman–Crippen LogP) is 2.82. The number of para-hydroxylation sites is 1. The number of hydrogen-bond acceptors (Lipinski definition) is 3. The molecule has 0 saturated carbocycles. The highest BCUT2D eigenvalue weighted by Gasteiger charge is 2.20. The summed E-state index contributed by atoms with van der Waals surface area (Å²) in [6.45, 7) is 9.83. The summed E-state index contributed by atoms with van der Waals surface area (Å²) in [5, 5.41) is 10.1. The first-order chi connectivity index (χ1) is 9.47. The fraction of sp³-hybridized carbons (Fsp3) is 0.647. The van der Waals surface area contributed by atoms with E-state index in [-0.39, 0.29) is 5.41 Å². The van der Waals surface area contributed by atoms with Crippen molar-refractivity contribution in [3.8, 4) is 5.75 Å². The molecule has 20 heavy (non-hydrogen) atoms. The largest absolute Gasteiger partial charge is 0.491 e. The molecule has 0 unspecified atom stereocenters. The van der Waals surface area contributed by atoms with Gasteiger partial charge in [0.2, 0.25) is 0 Å². The monoisotopic (exact) mass is 277 g/mol. The summed E-state index contributed by atoms with van der Waals surface area (Å²) < 4.78 is 5.86. The second kappa shape index (κ2) is 6.59. The van der Waals surface area contributed by atoms with Crippen LogP contribution >= 0.6 is 0 Å². The molecule has 112 valence electrons. The van der Waals surface area contributed by atoms with Crippen molar-refractivity contribution < 1.29 is 9.84 Å². The van der Waals surface area contributed by atoms with Crippen LogP contribution in [-0.2, 0) is 5.41 Å². The Morgan fingerprint density at radius 1 is 1.20 bits per heavy atom. The third kappa shape index (κ3) is 4.22. The van der Waals surface area contributed by atoms with Gasteiger partial charge in [0.1, 0.15) is 18.5 Å². The minimum Gasteiger partial charge on any atom is -0.491 e. The van der Waals surface area contributed by atoms with Crippen molar-refractivity contribution in [1.29, 1.82) is 0 Å². The molecule has 1 aromatic carbocycles. The number of aliphatic hydroxyl groups excluding tert-OH is 1. The Bertz CT molecular complexity index is 419. The van der Waals surface area contributed by atoms with Crippen molar-refractivity contribution in [2.75, 3.05) is 26.2 Å². The average Bonchev–Trinajstić information content (AvgIpc) is 2.88. The van der Waals surface area contributed by atoms with Crippen molar-refractivity contribution in [3.05, 3.63) is 29.8 Å². The topological polar surface area (TPSA) is 32.7 Å². The maximum Gasteiger partial charge on any atom is 0.123 e. The van der Waals surface area contributed by atoms with E-state index in [1.165, 1.54) is 18.4 Å². The van der Waals surface area contributed by atoms with Gasteiger partial charge in [-0.05, 0) is 43.0 Å². The molecule has 0 aliphatic carbocycles. The van der Waals surface area contributed by atoms with E-state index in [0.29, 0.717) is 6.61 Å². The number of rotatable bonds is 5. The average molecular weight is 277 g/mol.